The molecule has 4 aliphatic rings. The van der Waals surface area contributed by atoms with Crippen LogP contribution >= 0.6 is 12.4 Å². The van der Waals surface area contributed by atoms with Crippen molar-refractivity contribution in [3.8, 4) is 0 Å². The van der Waals surface area contributed by atoms with Gasteiger partial charge in [0.05, 0.1) is 6.04 Å². The van der Waals surface area contributed by atoms with Gasteiger partial charge in [0.25, 0.3) is 0 Å². The van der Waals surface area contributed by atoms with E-state index in [4.69, 9.17) is 5.73 Å². The van der Waals surface area contributed by atoms with E-state index >= 15 is 0 Å². The number of fused-ring (bicyclic) bond motifs is 1. The fraction of sp³-hybridized carbons (Fsp3) is 0.458. The van der Waals surface area contributed by atoms with Gasteiger partial charge in [-0.15, -0.1) is 12.4 Å². The van der Waals surface area contributed by atoms with Crippen LogP contribution in [-0.4, -0.2) is 28.6 Å². The highest BCUT2D eigenvalue weighted by Gasteiger charge is 2.71. The van der Waals surface area contributed by atoms with Gasteiger partial charge in [0.2, 0.25) is 0 Å². The van der Waals surface area contributed by atoms with E-state index in [9.17, 15) is 9.18 Å². The molecule has 1 heterocycles. The number of rotatable bonds is 3. The molecule has 0 radical (unpaired) electrons. The van der Waals surface area contributed by atoms with Gasteiger partial charge >= 0.3 is 6.03 Å². The normalized spacial score (nSPS) is 29.1. The van der Waals surface area contributed by atoms with Gasteiger partial charge in [-0.2, -0.15) is 0 Å². The van der Waals surface area contributed by atoms with E-state index in [1.165, 1.54) is 17.7 Å². The number of hydrogen-bond donors (Lipinski definition) is 2. The summed E-state index contributed by atoms with van der Waals surface area (Å²) in [6, 6.07) is 14.5. The molecule has 3 aliphatic carbocycles. The lowest BCUT2D eigenvalue weighted by molar-refractivity contribution is -0.179. The maximum absolute atomic E-state index is 13.5. The molecule has 3 N–H and O–H groups in total. The molecule has 1 atom stereocenters. The molecule has 2 aromatic rings. The second-order valence-corrected chi connectivity index (χ2v) is 9.82. The van der Waals surface area contributed by atoms with Gasteiger partial charge in [-0.3, -0.25) is 0 Å². The first-order valence-corrected chi connectivity index (χ1v) is 10.4. The van der Waals surface area contributed by atoms with E-state index in [1.807, 2.05) is 17.0 Å². The van der Waals surface area contributed by atoms with Crippen LogP contribution in [0.4, 0.5) is 9.18 Å². The Morgan fingerprint density at radius 2 is 1.77 bits per heavy atom. The third kappa shape index (κ3) is 3.10. The van der Waals surface area contributed by atoms with E-state index in [-0.39, 0.29) is 46.8 Å². The summed E-state index contributed by atoms with van der Waals surface area (Å²) in [5, 5.41) is 3.32. The summed E-state index contributed by atoms with van der Waals surface area (Å²) in [6.07, 6.45) is 3.77. The molecule has 3 saturated carbocycles. The van der Waals surface area contributed by atoms with Gasteiger partial charge in [0.15, 0.2) is 0 Å². The number of halogens is 2. The number of carbonyl (C=O) groups excluding carboxylic acids is 1. The molecule has 2 amide bonds. The van der Waals surface area contributed by atoms with E-state index in [0.29, 0.717) is 6.54 Å². The van der Waals surface area contributed by atoms with Gasteiger partial charge in [0, 0.05) is 17.6 Å². The summed E-state index contributed by atoms with van der Waals surface area (Å²) in [6.45, 7) is 4.87. The Labute approximate surface area is 183 Å². The molecular weight excluding hydrogens is 401 g/mol. The number of nitrogens with two attached hydrogens (primary N) is 1. The zero-order valence-corrected chi connectivity index (χ0v) is 18.3. The predicted molar refractivity (Wildman–Crippen MR) is 118 cm³/mol. The number of hydrogen-bond acceptors (Lipinski definition) is 2. The highest BCUT2D eigenvalue weighted by Crippen LogP contribution is 2.70. The Morgan fingerprint density at radius 1 is 1.13 bits per heavy atom. The minimum atomic E-state index is -0.310. The molecule has 0 saturated heterocycles. The largest absolute Gasteiger partial charge is 0.333 e. The lowest BCUT2D eigenvalue weighted by Crippen LogP contribution is -2.81. The van der Waals surface area contributed by atoms with E-state index < -0.39 is 0 Å². The Bertz CT molecular complexity index is 955. The Hall–Kier alpha value is -2.11. The van der Waals surface area contributed by atoms with Crippen molar-refractivity contribution < 1.29 is 9.18 Å². The summed E-state index contributed by atoms with van der Waals surface area (Å²) in [5.41, 5.74) is 9.36. The van der Waals surface area contributed by atoms with E-state index in [0.717, 1.165) is 36.8 Å². The fourth-order valence-corrected chi connectivity index (χ4v) is 5.79. The summed E-state index contributed by atoms with van der Waals surface area (Å²) in [4.78, 5) is 15.4. The standard InChI is InChI=1S/C24H28FN3O.ClH/c1-22(2,23-13-24(26,14-23)15-23)27-21(29)28-12-11-16-5-3-4-6-19(16)20(28)17-7-9-18(25)10-8-17;/h3-10,20H,11-15,26H2,1-2H3,(H,27,29);1H. The number of urea groups is 1. The molecule has 160 valence electrons. The van der Waals surface area contributed by atoms with Crippen molar-refractivity contribution >= 4 is 18.4 Å². The van der Waals surface area contributed by atoms with E-state index in [1.54, 1.807) is 12.1 Å². The molecule has 4 nitrogen and oxygen atoms in total. The molecule has 30 heavy (non-hydrogen) atoms. The highest BCUT2D eigenvalue weighted by atomic mass is 35.5. The molecule has 3 fully saturated rings. The molecule has 2 bridgehead atoms. The molecule has 1 unspecified atom stereocenters. The molecule has 0 aromatic heterocycles. The van der Waals surface area contributed by atoms with Crippen molar-refractivity contribution in [2.24, 2.45) is 11.1 Å². The average Bonchev–Trinajstić information content (AvgIpc) is 2.64. The molecule has 6 heteroatoms. The average molecular weight is 430 g/mol. The van der Waals surface area contributed by atoms with Crippen molar-refractivity contribution in [1.82, 2.24) is 10.2 Å². The van der Waals surface area contributed by atoms with Gasteiger partial charge < -0.3 is 16.0 Å². The summed E-state index contributed by atoms with van der Waals surface area (Å²) in [5.74, 6) is -0.269. The first kappa shape index (κ1) is 21.1. The first-order chi connectivity index (χ1) is 13.7. The zero-order valence-electron chi connectivity index (χ0n) is 17.5. The second-order valence-electron chi connectivity index (χ2n) is 9.82. The summed E-state index contributed by atoms with van der Waals surface area (Å²) < 4.78 is 13.5. The summed E-state index contributed by atoms with van der Waals surface area (Å²) >= 11 is 0. The van der Waals surface area contributed by atoms with Gasteiger partial charge in [-0.05, 0) is 73.8 Å². The topological polar surface area (TPSA) is 58.4 Å². The Balaban J connectivity index is 0.00000218. The van der Waals surface area contributed by atoms with Gasteiger partial charge in [0.1, 0.15) is 5.82 Å². The smallest absolute Gasteiger partial charge is 0.318 e. The Kier molecular flexibility index (Phi) is 4.90. The number of amides is 2. The number of nitrogens with one attached hydrogen (secondary N) is 1. The quantitative estimate of drug-likeness (QED) is 0.751. The molecule has 6 rings (SSSR count). The van der Waals surface area contributed by atoms with Crippen molar-refractivity contribution in [2.45, 2.75) is 56.7 Å². The number of benzene rings is 2. The van der Waals surface area contributed by atoms with Crippen LogP contribution < -0.4 is 11.1 Å². The first-order valence-electron chi connectivity index (χ1n) is 10.4. The summed E-state index contributed by atoms with van der Waals surface area (Å²) in [7, 11) is 0. The zero-order chi connectivity index (χ0) is 20.4. The maximum Gasteiger partial charge on any atom is 0.318 e. The fourth-order valence-electron chi connectivity index (χ4n) is 5.79. The van der Waals surface area contributed by atoms with Gasteiger partial charge in [-0.1, -0.05) is 36.4 Å². The molecule has 1 aliphatic heterocycles. The van der Waals surface area contributed by atoms with Crippen molar-refractivity contribution in [1.29, 1.82) is 0 Å². The molecular formula is C24H29ClFN3O. The number of carbonyl (C=O) groups is 1. The Morgan fingerprint density at radius 3 is 2.40 bits per heavy atom. The highest BCUT2D eigenvalue weighted by molar-refractivity contribution is 5.85. The van der Waals surface area contributed by atoms with Crippen LogP contribution in [0, 0.1) is 11.2 Å². The van der Waals surface area contributed by atoms with Crippen LogP contribution in [0.25, 0.3) is 0 Å². The van der Waals surface area contributed by atoms with Crippen molar-refractivity contribution in [3.05, 3.63) is 71.0 Å². The van der Waals surface area contributed by atoms with Crippen LogP contribution in [0.5, 0.6) is 0 Å². The lowest BCUT2D eigenvalue weighted by atomic mass is 9.34. The van der Waals surface area contributed by atoms with Gasteiger partial charge in [-0.25, -0.2) is 9.18 Å². The molecule has 0 spiro atoms. The van der Waals surface area contributed by atoms with Crippen LogP contribution in [0.15, 0.2) is 48.5 Å². The monoisotopic (exact) mass is 429 g/mol. The molecule has 2 aromatic carbocycles. The van der Waals surface area contributed by atoms with Crippen LogP contribution in [0.2, 0.25) is 0 Å². The van der Waals surface area contributed by atoms with Crippen molar-refractivity contribution in [3.63, 3.8) is 0 Å². The van der Waals surface area contributed by atoms with Crippen molar-refractivity contribution in [2.75, 3.05) is 6.54 Å². The predicted octanol–water partition coefficient (Wildman–Crippen LogP) is 4.56. The second kappa shape index (κ2) is 6.96. The SMILES string of the molecule is CC(C)(NC(=O)N1CCc2ccccc2C1c1ccc(F)cc1)C12CC(N)(C1)C2.Cl. The van der Waals surface area contributed by atoms with Crippen LogP contribution in [0.3, 0.4) is 0 Å². The third-order valence-electron chi connectivity index (χ3n) is 7.55. The minimum Gasteiger partial charge on any atom is -0.333 e. The minimum absolute atomic E-state index is 0. The third-order valence-corrected chi connectivity index (χ3v) is 7.55. The van der Waals surface area contributed by atoms with E-state index in [2.05, 4.69) is 31.3 Å². The van der Waals surface area contributed by atoms with Crippen LogP contribution in [0.1, 0.15) is 55.8 Å². The maximum atomic E-state index is 13.5. The van der Waals surface area contributed by atoms with Crippen LogP contribution in [-0.2, 0) is 6.42 Å². The lowest BCUT2D eigenvalue weighted by Gasteiger charge is -2.74. The number of nitrogens with zero attached hydrogens (tertiary/aromatic N) is 1.